The molecule has 1 aromatic heterocycles. The summed E-state index contributed by atoms with van der Waals surface area (Å²) in [6.45, 7) is 3.67. The van der Waals surface area contributed by atoms with Crippen LogP contribution in [0.5, 0.6) is 0 Å². The van der Waals surface area contributed by atoms with E-state index in [4.69, 9.17) is 0 Å². The van der Waals surface area contributed by atoms with E-state index in [0.717, 1.165) is 35.6 Å². The molecule has 20 heavy (non-hydrogen) atoms. The van der Waals surface area contributed by atoms with Crippen LogP contribution in [0.2, 0.25) is 0 Å². The van der Waals surface area contributed by atoms with Crippen LogP contribution in [0.15, 0.2) is 0 Å². The molecule has 6 heteroatoms. The largest absolute Gasteiger partial charge is 0.480 e. The Morgan fingerprint density at radius 2 is 1.80 bits per heavy atom. The van der Waals surface area contributed by atoms with Gasteiger partial charge in [0, 0.05) is 4.88 Å². The summed E-state index contributed by atoms with van der Waals surface area (Å²) in [5, 5.41) is 13.1. The SMILES string of the molecule is Cc1nc(C(=O)NC2(C(=O)O)CCCCCC2)c(C)s1. The second-order valence-electron chi connectivity index (χ2n) is 5.39. The van der Waals surface area contributed by atoms with Gasteiger partial charge in [0.25, 0.3) is 5.91 Å². The van der Waals surface area contributed by atoms with Crippen LogP contribution in [0.25, 0.3) is 0 Å². The van der Waals surface area contributed by atoms with Crippen LogP contribution in [0.1, 0.15) is 58.9 Å². The first-order valence-corrected chi connectivity index (χ1v) is 7.76. The van der Waals surface area contributed by atoms with Crippen LogP contribution in [-0.4, -0.2) is 27.5 Å². The lowest BCUT2D eigenvalue weighted by atomic mass is 9.90. The molecule has 2 rings (SSSR count). The number of carboxylic acids is 1. The van der Waals surface area contributed by atoms with Gasteiger partial charge in [0.1, 0.15) is 11.2 Å². The first kappa shape index (κ1) is 15.0. The number of hydrogen-bond acceptors (Lipinski definition) is 4. The molecule has 1 heterocycles. The second-order valence-corrected chi connectivity index (χ2v) is 6.80. The number of carbonyl (C=O) groups excluding carboxylic acids is 1. The monoisotopic (exact) mass is 296 g/mol. The van der Waals surface area contributed by atoms with Crippen molar-refractivity contribution in [2.75, 3.05) is 0 Å². The molecular weight excluding hydrogens is 276 g/mol. The molecule has 0 radical (unpaired) electrons. The molecule has 5 nitrogen and oxygen atoms in total. The number of carboxylic acid groups (broad SMARTS) is 1. The van der Waals surface area contributed by atoms with Crippen LogP contribution >= 0.6 is 11.3 Å². The highest BCUT2D eigenvalue weighted by atomic mass is 32.1. The van der Waals surface area contributed by atoms with Crippen molar-refractivity contribution in [3.63, 3.8) is 0 Å². The molecule has 110 valence electrons. The van der Waals surface area contributed by atoms with Crippen LogP contribution in [0, 0.1) is 13.8 Å². The van der Waals surface area contributed by atoms with Crippen molar-refractivity contribution < 1.29 is 14.7 Å². The average molecular weight is 296 g/mol. The van der Waals surface area contributed by atoms with Crippen molar-refractivity contribution in [3.05, 3.63) is 15.6 Å². The Hall–Kier alpha value is -1.43. The molecular formula is C14H20N2O3S. The third-order valence-corrected chi connectivity index (χ3v) is 4.72. The Morgan fingerprint density at radius 1 is 1.20 bits per heavy atom. The number of aliphatic carboxylic acids is 1. The molecule has 1 amide bonds. The van der Waals surface area contributed by atoms with Gasteiger partial charge in [-0.1, -0.05) is 25.7 Å². The Labute approximate surface area is 122 Å². The van der Waals surface area contributed by atoms with Gasteiger partial charge in [-0.3, -0.25) is 4.79 Å². The van der Waals surface area contributed by atoms with Crippen molar-refractivity contribution in [2.24, 2.45) is 0 Å². The molecule has 0 atom stereocenters. The zero-order chi connectivity index (χ0) is 14.8. The first-order chi connectivity index (χ1) is 9.44. The number of hydrogen-bond donors (Lipinski definition) is 2. The summed E-state index contributed by atoms with van der Waals surface area (Å²) in [6, 6.07) is 0. The quantitative estimate of drug-likeness (QED) is 0.840. The molecule has 0 aliphatic heterocycles. The van der Waals surface area contributed by atoms with Gasteiger partial charge in [-0.2, -0.15) is 0 Å². The summed E-state index contributed by atoms with van der Waals surface area (Å²) in [4.78, 5) is 29.0. The molecule has 0 aromatic carbocycles. The fourth-order valence-electron chi connectivity index (χ4n) is 2.74. The van der Waals surface area contributed by atoms with Gasteiger partial charge in [-0.25, -0.2) is 9.78 Å². The van der Waals surface area contributed by atoms with Crippen molar-refractivity contribution in [1.29, 1.82) is 0 Å². The minimum absolute atomic E-state index is 0.359. The van der Waals surface area contributed by atoms with Crippen molar-refractivity contribution in [3.8, 4) is 0 Å². The Morgan fingerprint density at radius 3 is 2.25 bits per heavy atom. The topological polar surface area (TPSA) is 79.3 Å². The van der Waals surface area contributed by atoms with E-state index < -0.39 is 11.5 Å². The van der Waals surface area contributed by atoms with Gasteiger partial charge in [-0.05, 0) is 26.7 Å². The first-order valence-electron chi connectivity index (χ1n) is 6.94. The van der Waals surface area contributed by atoms with E-state index in [0.29, 0.717) is 18.5 Å². The molecule has 1 aliphatic rings. The van der Waals surface area contributed by atoms with Gasteiger partial charge in [0.15, 0.2) is 0 Å². The molecule has 1 aromatic rings. The third-order valence-electron chi connectivity index (χ3n) is 3.84. The molecule has 0 unspecified atom stereocenters. The van der Waals surface area contributed by atoms with E-state index in [-0.39, 0.29) is 5.91 Å². The van der Waals surface area contributed by atoms with Gasteiger partial charge < -0.3 is 10.4 Å². The molecule has 0 saturated heterocycles. The lowest BCUT2D eigenvalue weighted by molar-refractivity contribution is -0.145. The smallest absolute Gasteiger partial charge is 0.329 e. The predicted molar refractivity (Wildman–Crippen MR) is 77.1 cm³/mol. The number of aryl methyl sites for hydroxylation is 2. The van der Waals surface area contributed by atoms with E-state index >= 15 is 0 Å². The van der Waals surface area contributed by atoms with E-state index in [9.17, 15) is 14.7 Å². The summed E-state index contributed by atoms with van der Waals surface area (Å²) in [5.41, 5.74) is -0.769. The summed E-state index contributed by atoms with van der Waals surface area (Å²) in [5.74, 6) is -1.30. The van der Waals surface area contributed by atoms with Gasteiger partial charge >= 0.3 is 5.97 Å². The second kappa shape index (κ2) is 5.91. The van der Waals surface area contributed by atoms with Gasteiger partial charge in [0.2, 0.25) is 0 Å². The van der Waals surface area contributed by atoms with Crippen LogP contribution in [0.3, 0.4) is 0 Å². The molecule has 1 saturated carbocycles. The lowest BCUT2D eigenvalue weighted by Gasteiger charge is -2.29. The highest BCUT2D eigenvalue weighted by Gasteiger charge is 2.40. The minimum Gasteiger partial charge on any atom is -0.480 e. The standard InChI is InChI=1S/C14H20N2O3S/c1-9-11(15-10(2)20-9)12(17)16-14(13(18)19)7-5-3-4-6-8-14/h3-8H2,1-2H3,(H,16,17)(H,18,19). The number of aromatic nitrogens is 1. The fourth-order valence-corrected chi connectivity index (χ4v) is 3.56. The van der Waals surface area contributed by atoms with E-state index in [2.05, 4.69) is 10.3 Å². The number of thiazole rings is 1. The zero-order valence-corrected chi connectivity index (χ0v) is 12.7. The molecule has 2 N–H and O–H groups in total. The maximum Gasteiger partial charge on any atom is 0.329 e. The van der Waals surface area contributed by atoms with Crippen LogP contribution in [-0.2, 0) is 4.79 Å². The number of amides is 1. The Bertz CT molecular complexity index is 516. The lowest BCUT2D eigenvalue weighted by Crippen LogP contribution is -2.54. The number of rotatable bonds is 3. The van der Waals surface area contributed by atoms with Gasteiger partial charge in [0.05, 0.1) is 5.01 Å². The molecule has 0 bridgehead atoms. The number of nitrogens with one attached hydrogen (secondary N) is 1. The van der Waals surface area contributed by atoms with Crippen LogP contribution in [0.4, 0.5) is 0 Å². The van der Waals surface area contributed by atoms with E-state index in [1.807, 2.05) is 13.8 Å². The average Bonchev–Trinajstić information content (AvgIpc) is 2.60. The molecule has 0 spiro atoms. The number of nitrogens with zero attached hydrogens (tertiary/aromatic N) is 1. The third kappa shape index (κ3) is 3.00. The fraction of sp³-hybridized carbons (Fsp3) is 0.643. The van der Waals surface area contributed by atoms with Crippen molar-refractivity contribution in [1.82, 2.24) is 10.3 Å². The number of carbonyl (C=O) groups is 2. The Kier molecular flexibility index (Phi) is 4.42. The zero-order valence-electron chi connectivity index (χ0n) is 11.9. The maximum atomic E-state index is 12.3. The van der Waals surface area contributed by atoms with Crippen molar-refractivity contribution in [2.45, 2.75) is 57.9 Å². The predicted octanol–water partition coefficient (Wildman–Crippen LogP) is 2.67. The van der Waals surface area contributed by atoms with Gasteiger partial charge in [-0.15, -0.1) is 11.3 Å². The van der Waals surface area contributed by atoms with E-state index in [1.165, 1.54) is 11.3 Å². The highest BCUT2D eigenvalue weighted by molar-refractivity contribution is 7.11. The van der Waals surface area contributed by atoms with Crippen LogP contribution < -0.4 is 5.32 Å². The maximum absolute atomic E-state index is 12.3. The summed E-state index contributed by atoms with van der Waals surface area (Å²) >= 11 is 1.45. The summed E-state index contributed by atoms with van der Waals surface area (Å²) < 4.78 is 0. The van der Waals surface area contributed by atoms with Crippen molar-refractivity contribution >= 4 is 23.2 Å². The molecule has 1 aliphatic carbocycles. The Balaban J connectivity index is 2.21. The summed E-state index contributed by atoms with van der Waals surface area (Å²) in [7, 11) is 0. The summed E-state index contributed by atoms with van der Waals surface area (Å²) in [6.07, 6.45) is 4.72. The normalized spacial score (nSPS) is 18.3. The minimum atomic E-state index is -1.13. The van der Waals surface area contributed by atoms with E-state index in [1.54, 1.807) is 0 Å². The highest BCUT2D eigenvalue weighted by Crippen LogP contribution is 2.28. The molecule has 1 fully saturated rings.